The average molecular weight is 1220 g/mol. The van der Waals surface area contributed by atoms with Crippen molar-refractivity contribution >= 4 is 124 Å². The van der Waals surface area contributed by atoms with Crippen LogP contribution in [0.3, 0.4) is 0 Å². The molecular formula is C48H82O23S6. The van der Waals surface area contributed by atoms with Crippen LogP contribution in [0.4, 0.5) is 0 Å². The van der Waals surface area contributed by atoms with Crippen molar-refractivity contribution in [2.45, 2.75) is 69.5 Å². The number of ether oxygens (including phenoxy) is 15. The summed E-state index contributed by atoms with van der Waals surface area (Å²) < 4.78 is 72.5. The average Bonchev–Trinajstić information content (AvgIpc) is 3.86. The Balaban J connectivity index is -0.000000420. The fourth-order valence-electron chi connectivity index (χ4n) is 4.16. The second-order valence-corrected chi connectivity index (χ2v) is 16.8. The van der Waals surface area contributed by atoms with Gasteiger partial charge in [0.25, 0.3) is 0 Å². The van der Waals surface area contributed by atoms with Crippen LogP contribution in [0, 0.1) is 0 Å². The van der Waals surface area contributed by atoms with Crippen molar-refractivity contribution in [2.75, 3.05) is 150 Å². The van der Waals surface area contributed by atoms with Gasteiger partial charge in [-0.15, -0.1) is 0 Å². The van der Waals surface area contributed by atoms with Crippen molar-refractivity contribution in [2.24, 2.45) is 0 Å². The molecule has 0 spiro atoms. The van der Waals surface area contributed by atoms with E-state index < -0.39 is 17.2 Å². The van der Waals surface area contributed by atoms with Crippen LogP contribution in [0.15, 0.2) is 30.3 Å². The summed E-state index contributed by atoms with van der Waals surface area (Å²) in [6.07, 6.45) is 2.10. The first-order valence-electron chi connectivity index (χ1n) is 23.7. The van der Waals surface area contributed by atoms with Crippen LogP contribution in [0.5, 0.6) is 5.75 Å². The molecule has 29 heteroatoms. The minimum atomic E-state index is -0.818. The summed E-state index contributed by atoms with van der Waals surface area (Å²) in [4.78, 5) is 86.1. The maximum absolute atomic E-state index is 11.3. The smallest absolute Gasteiger partial charge is 0.319 e. The molecule has 1 aliphatic heterocycles. The number of carbonyl (C=O) groups excluding carboxylic acids is 8. The van der Waals surface area contributed by atoms with Gasteiger partial charge in [-0.1, -0.05) is 18.2 Å². The summed E-state index contributed by atoms with van der Waals surface area (Å²) in [5, 5.41) is -0.818. The fourth-order valence-corrected chi connectivity index (χ4v) is 4.93. The zero-order valence-electron chi connectivity index (χ0n) is 45.0. The van der Waals surface area contributed by atoms with E-state index in [1.807, 2.05) is 44.2 Å². The van der Waals surface area contributed by atoms with E-state index in [2.05, 4.69) is 90.0 Å². The minimum Gasteiger partial charge on any atom is -0.490 e. The molecule has 0 saturated carbocycles. The molecule has 1 aromatic rings. The third-order valence-electron chi connectivity index (χ3n) is 8.36. The lowest BCUT2D eigenvalue weighted by atomic mass is 10.3. The topological polar surface area (TPSA) is 275 Å². The number of thiol groups is 6. The third kappa shape index (κ3) is 60.1. The predicted molar refractivity (Wildman–Crippen MR) is 303 cm³/mol. The van der Waals surface area contributed by atoms with Crippen LogP contribution in [0.2, 0.25) is 0 Å². The molecule has 1 fully saturated rings. The first-order valence-corrected chi connectivity index (χ1v) is 27.4. The van der Waals surface area contributed by atoms with Crippen molar-refractivity contribution in [3.8, 4) is 5.75 Å². The van der Waals surface area contributed by atoms with Crippen LogP contribution < -0.4 is 4.74 Å². The molecule has 0 radical (unpaired) electrons. The summed E-state index contributed by atoms with van der Waals surface area (Å²) >= 11 is 22.8. The standard InChI is InChI=1S/C10H18O6S.C10H12O3S.C8H12O5S.C8H16O3S.C7H14O3S.C5H10O3S/c1-13-3-5-15-9(11)7-8(17)10(12)16-6-4-14-2;11-10(8-14)13-7-6-12-9-4-2-1-3-5-9;9-7-3-6(4-13-7)11-1-2-12-8(10)5-14;1-7(10-2)3-5-11-8(9)4-6-12;1-6(9-2)3-4-10-7(8)5-11;1-7-2-3-8-5(6)4-9/h8,17H,3-7H2,1-2H3;1-5,14H,6-8H2;6,14H,1-5H2;7,12H,3-6H2,1-2H3;6,11H,3-5H2,1-2H3;9H,2-4H2,1H3. The Morgan fingerprint density at radius 2 is 0.935 bits per heavy atom. The maximum atomic E-state index is 11.3. The van der Waals surface area contributed by atoms with Crippen LogP contribution in [-0.2, 0) is 105 Å². The van der Waals surface area contributed by atoms with Gasteiger partial charge >= 0.3 is 47.8 Å². The maximum Gasteiger partial charge on any atom is 0.319 e. The number of para-hydroxylation sites is 1. The van der Waals surface area contributed by atoms with Crippen LogP contribution in [0.25, 0.3) is 0 Å². The molecule has 4 unspecified atom stereocenters. The lowest BCUT2D eigenvalue weighted by molar-refractivity contribution is -0.150. The van der Waals surface area contributed by atoms with E-state index in [9.17, 15) is 38.4 Å². The van der Waals surface area contributed by atoms with Gasteiger partial charge in [-0.3, -0.25) is 38.4 Å². The fraction of sp³-hybridized carbons (Fsp3) is 0.708. The Morgan fingerprint density at radius 3 is 1.34 bits per heavy atom. The van der Waals surface area contributed by atoms with Gasteiger partial charge in [0.15, 0.2) is 0 Å². The monoisotopic (exact) mass is 1220 g/mol. The summed E-state index contributed by atoms with van der Waals surface area (Å²) in [6, 6.07) is 9.37. The number of hydrogen-bond acceptors (Lipinski definition) is 29. The Kier molecular flexibility index (Phi) is 62.7. The molecule has 0 aromatic heterocycles. The molecule has 23 nitrogen and oxygen atoms in total. The normalized spacial score (nSPS) is 12.9. The highest BCUT2D eigenvalue weighted by atomic mass is 32.1. The summed E-state index contributed by atoms with van der Waals surface area (Å²) in [5.74, 6) is -1.06. The summed E-state index contributed by atoms with van der Waals surface area (Å²) in [5.41, 5.74) is 0. The van der Waals surface area contributed by atoms with Gasteiger partial charge < -0.3 is 71.1 Å². The molecule has 0 N–H and O–H groups in total. The van der Waals surface area contributed by atoms with Gasteiger partial charge in [0.1, 0.15) is 63.4 Å². The number of carbonyl (C=O) groups is 8. The number of esters is 8. The second kappa shape index (κ2) is 60.3. The van der Waals surface area contributed by atoms with E-state index in [4.69, 9.17) is 56.8 Å². The van der Waals surface area contributed by atoms with Gasteiger partial charge in [0, 0.05) is 54.1 Å². The van der Waals surface area contributed by atoms with Crippen molar-refractivity contribution in [3.63, 3.8) is 0 Å². The minimum absolute atomic E-state index is 0.0605. The van der Waals surface area contributed by atoms with Gasteiger partial charge in [0.2, 0.25) is 0 Å². The zero-order valence-corrected chi connectivity index (χ0v) is 50.4. The highest BCUT2D eigenvalue weighted by molar-refractivity contribution is 7.82. The van der Waals surface area contributed by atoms with Crippen molar-refractivity contribution in [1.29, 1.82) is 0 Å². The first-order chi connectivity index (χ1) is 36.9. The van der Waals surface area contributed by atoms with E-state index in [0.717, 1.165) is 18.6 Å². The molecule has 0 bridgehead atoms. The van der Waals surface area contributed by atoms with Crippen LogP contribution in [-0.4, -0.2) is 222 Å². The van der Waals surface area contributed by atoms with Crippen LogP contribution >= 0.6 is 75.8 Å². The highest BCUT2D eigenvalue weighted by Gasteiger charge is 2.24. The second-order valence-electron chi connectivity index (χ2n) is 14.5. The number of rotatable bonds is 34. The van der Waals surface area contributed by atoms with Crippen molar-refractivity contribution < 1.29 is 109 Å². The number of cyclic esters (lactones) is 1. The molecule has 1 saturated heterocycles. The molecule has 448 valence electrons. The number of benzene rings is 1. The first kappa shape index (κ1) is 80.1. The molecular weight excluding hydrogens is 1140 g/mol. The molecule has 4 atom stereocenters. The molecule has 1 aliphatic rings. The van der Waals surface area contributed by atoms with Crippen molar-refractivity contribution in [1.82, 2.24) is 0 Å². The van der Waals surface area contributed by atoms with E-state index in [1.54, 1.807) is 21.3 Å². The van der Waals surface area contributed by atoms with Gasteiger partial charge in [-0.2, -0.15) is 75.8 Å². The molecule has 1 heterocycles. The van der Waals surface area contributed by atoms with Gasteiger partial charge in [-0.25, -0.2) is 0 Å². The predicted octanol–water partition coefficient (Wildman–Crippen LogP) is 3.65. The molecule has 0 aliphatic carbocycles. The molecule has 0 amide bonds. The van der Waals surface area contributed by atoms with E-state index >= 15 is 0 Å². The zero-order chi connectivity index (χ0) is 58.9. The third-order valence-corrected chi connectivity index (χ3v) is 10.0. The Hall–Kier alpha value is -3.36. The molecule has 2 rings (SSSR count). The van der Waals surface area contributed by atoms with Gasteiger partial charge in [-0.05, 0) is 26.0 Å². The van der Waals surface area contributed by atoms with E-state index in [0.29, 0.717) is 65.0 Å². The largest absolute Gasteiger partial charge is 0.490 e. The Labute approximate surface area is 486 Å². The number of hydrogen-bond donors (Lipinski definition) is 6. The number of methoxy groups -OCH3 is 5. The van der Waals surface area contributed by atoms with Crippen LogP contribution in [0.1, 0.15) is 46.0 Å². The lowest BCUT2D eigenvalue weighted by Gasteiger charge is -2.10. The summed E-state index contributed by atoms with van der Waals surface area (Å²) in [7, 11) is 7.82. The Bertz CT molecular complexity index is 1640. The van der Waals surface area contributed by atoms with E-state index in [-0.39, 0.29) is 123 Å². The highest BCUT2D eigenvalue weighted by Crippen LogP contribution is 2.10. The SMILES string of the molecule is COC(C)CCOC(=O)CCS.COC(C)CCOC(=O)CS.COCCOC(=O)CC(S)C(=O)OCCOC.COCCOC(=O)CS.O=C(CS)OCCOC1COC(=O)C1.O=C(CS)OCCOc1ccccc1. The summed E-state index contributed by atoms with van der Waals surface area (Å²) in [6.45, 7) is 7.78. The lowest BCUT2D eigenvalue weighted by Crippen LogP contribution is -2.24. The van der Waals surface area contributed by atoms with Gasteiger partial charge in [0.05, 0.1) is 94.1 Å². The van der Waals surface area contributed by atoms with E-state index in [1.165, 1.54) is 14.2 Å². The molecule has 77 heavy (non-hydrogen) atoms. The van der Waals surface area contributed by atoms with Crippen molar-refractivity contribution in [3.05, 3.63) is 30.3 Å². The molecule has 1 aromatic carbocycles. The quantitative estimate of drug-likeness (QED) is 0.0249. The Morgan fingerprint density at radius 1 is 0.532 bits per heavy atom.